The van der Waals surface area contributed by atoms with Gasteiger partial charge in [0.25, 0.3) is 5.89 Å². The van der Waals surface area contributed by atoms with Gasteiger partial charge in [0.05, 0.1) is 12.1 Å². The lowest BCUT2D eigenvalue weighted by molar-refractivity contribution is -0.144. The van der Waals surface area contributed by atoms with E-state index in [1.807, 2.05) is 21.7 Å². The Labute approximate surface area is 119 Å². The molecule has 1 aliphatic rings. The predicted octanol–water partition coefficient (Wildman–Crippen LogP) is 0.657. The number of carboxylic acid groups (broad SMARTS) is 1. The van der Waals surface area contributed by atoms with Gasteiger partial charge in [0.2, 0.25) is 0 Å². The van der Waals surface area contributed by atoms with E-state index in [1.165, 1.54) is 0 Å². The van der Waals surface area contributed by atoms with Gasteiger partial charge in [-0.05, 0) is 11.4 Å². The average molecular weight is 294 g/mol. The average Bonchev–Trinajstić information content (AvgIpc) is 3.09. The van der Waals surface area contributed by atoms with Crippen molar-refractivity contribution in [3.8, 4) is 11.5 Å². The lowest BCUT2D eigenvalue weighted by Crippen LogP contribution is -2.54. The van der Waals surface area contributed by atoms with Gasteiger partial charge in [-0.15, -0.1) is 0 Å². The zero-order valence-electron chi connectivity index (χ0n) is 10.7. The summed E-state index contributed by atoms with van der Waals surface area (Å²) in [5, 5.41) is 20.1. The zero-order valence-corrected chi connectivity index (χ0v) is 11.5. The zero-order chi connectivity index (χ0) is 13.9. The number of carboxylic acids is 1. The van der Waals surface area contributed by atoms with Crippen LogP contribution in [0.25, 0.3) is 11.5 Å². The molecule has 7 nitrogen and oxygen atoms in total. The molecule has 0 aromatic carbocycles. The maximum atomic E-state index is 11.2. The van der Waals surface area contributed by atoms with Crippen molar-refractivity contribution in [1.29, 1.82) is 0 Å². The smallest absolute Gasteiger partial charge is 0.322 e. The van der Waals surface area contributed by atoms with Crippen LogP contribution in [-0.2, 0) is 11.3 Å². The van der Waals surface area contributed by atoms with E-state index in [0.29, 0.717) is 31.3 Å². The first-order valence-corrected chi connectivity index (χ1v) is 7.21. The van der Waals surface area contributed by atoms with Gasteiger partial charge in [0, 0.05) is 25.0 Å². The second-order valence-corrected chi connectivity index (χ2v) is 5.34. The minimum atomic E-state index is -0.834. The number of rotatable bonds is 4. The number of piperazine rings is 1. The highest BCUT2D eigenvalue weighted by atomic mass is 32.1. The second kappa shape index (κ2) is 5.70. The Kier molecular flexibility index (Phi) is 3.77. The number of nitrogens with zero attached hydrogens (tertiary/aromatic N) is 3. The molecule has 0 saturated carbocycles. The molecule has 8 heteroatoms. The molecule has 0 aliphatic carbocycles. The monoisotopic (exact) mass is 294 g/mol. The number of aliphatic carboxylic acids is 1. The van der Waals surface area contributed by atoms with Gasteiger partial charge in [0.15, 0.2) is 5.82 Å². The third-order valence-corrected chi connectivity index (χ3v) is 3.90. The van der Waals surface area contributed by atoms with Crippen LogP contribution in [0.5, 0.6) is 0 Å². The first-order valence-electron chi connectivity index (χ1n) is 6.27. The third kappa shape index (κ3) is 2.72. The summed E-state index contributed by atoms with van der Waals surface area (Å²) < 4.78 is 5.20. The van der Waals surface area contributed by atoms with Crippen molar-refractivity contribution in [3.05, 3.63) is 22.7 Å². The molecule has 1 saturated heterocycles. The van der Waals surface area contributed by atoms with E-state index in [2.05, 4.69) is 15.5 Å². The summed E-state index contributed by atoms with van der Waals surface area (Å²) in [7, 11) is 0. The fourth-order valence-electron chi connectivity index (χ4n) is 2.18. The summed E-state index contributed by atoms with van der Waals surface area (Å²) in [6.07, 6.45) is 0. The Morgan fingerprint density at radius 2 is 2.55 bits per heavy atom. The fraction of sp³-hybridized carbons (Fsp3) is 0.417. The van der Waals surface area contributed by atoms with Crippen molar-refractivity contribution in [2.75, 3.05) is 19.6 Å². The SMILES string of the molecule is O=C(O)C1CNCCN1Cc1noc(-c2ccsc2)n1. The van der Waals surface area contributed by atoms with Crippen LogP contribution in [0.3, 0.4) is 0 Å². The van der Waals surface area contributed by atoms with E-state index in [4.69, 9.17) is 4.52 Å². The quantitative estimate of drug-likeness (QED) is 0.855. The summed E-state index contributed by atoms with van der Waals surface area (Å²) >= 11 is 1.56. The van der Waals surface area contributed by atoms with E-state index in [9.17, 15) is 9.90 Å². The van der Waals surface area contributed by atoms with Crippen molar-refractivity contribution in [1.82, 2.24) is 20.4 Å². The largest absolute Gasteiger partial charge is 0.480 e. The van der Waals surface area contributed by atoms with Gasteiger partial charge in [-0.25, -0.2) is 0 Å². The fourth-order valence-corrected chi connectivity index (χ4v) is 2.81. The molecule has 20 heavy (non-hydrogen) atoms. The van der Waals surface area contributed by atoms with Crippen LogP contribution in [0.4, 0.5) is 0 Å². The molecule has 0 radical (unpaired) electrons. The molecule has 1 unspecified atom stereocenters. The summed E-state index contributed by atoms with van der Waals surface area (Å²) in [6, 6.07) is 1.36. The van der Waals surface area contributed by atoms with Crippen LogP contribution in [0.2, 0.25) is 0 Å². The maximum Gasteiger partial charge on any atom is 0.322 e. The van der Waals surface area contributed by atoms with Gasteiger partial charge in [0.1, 0.15) is 6.04 Å². The Balaban J connectivity index is 1.72. The number of aromatic nitrogens is 2. The van der Waals surface area contributed by atoms with Gasteiger partial charge in [-0.2, -0.15) is 16.3 Å². The van der Waals surface area contributed by atoms with Crippen molar-refractivity contribution in [3.63, 3.8) is 0 Å². The van der Waals surface area contributed by atoms with Crippen molar-refractivity contribution in [2.45, 2.75) is 12.6 Å². The minimum absolute atomic E-state index is 0.381. The van der Waals surface area contributed by atoms with E-state index < -0.39 is 12.0 Å². The minimum Gasteiger partial charge on any atom is -0.480 e. The molecule has 2 N–H and O–H groups in total. The highest BCUT2D eigenvalue weighted by molar-refractivity contribution is 7.08. The van der Waals surface area contributed by atoms with Crippen LogP contribution in [0.15, 0.2) is 21.3 Å². The van der Waals surface area contributed by atoms with Crippen LogP contribution in [0, 0.1) is 0 Å². The normalized spacial score (nSPS) is 20.1. The molecule has 0 spiro atoms. The highest BCUT2D eigenvalue weighted by Gasteiger charge is 2.29. The van der Waals surface area contributed by atoms with Gasteiger partial charge < -0.3 is 14.9 Å². The number of carbonyl (C=O) groups is 1. The molecule has 1 fully saturated rings. The van der Waals surface area contributed by atoms with Crippen molar-refractivity contribution >= 4 is 17.3 Å². The van der Waals surface area contributed by atoms with Crippen LogP contribution in [-0.4, -0.2) is 51.8 Å². The molecule has 0 amide bonds. The predicted molar refractivity (Wildman–Crippen MR) is 72.3 cm³/mol. The third-order valence-electron chi connectivity index (χ3n) is 3.22. The molecule has 2 aromatic rings. The van der Waals surface area contributed by atoms with E-state index in [-0.39, 0.29) is 0 Å². The summed E-state index contributed by atoms with van der Waals surface area (Å²) in [4.78, 5) is 17.4. The first-order chi connectivity index (χ1) is 9.74. The van der Waals surface area contributed by atoms with Crippen LogP contribution >= 0.6 is 11.3 Å². The van der Waals surface area contributed by atoms with Gasteiger partial charge in [-0.3, -0.25) is 9.69 Å². The topological polar surface area (TPSA) is 91.5 Å². The molecule has 1 atom stereocenters. The molecule has 0 bridgehead atoms. The van der Waals surface area contributed by atoms with E-state index in [0.717, 1.165) is 12.1 Å². The number of thiophene rings is 1. The van der Waals surface area contributed by atoms with Crippen LogP contribution < -0.4 is 5.32 Å². The maximum absolute atomic E-state index is 11.2. The highest BCUT2D eigenvalue weighted by Crippen LogP contribution is 2.20. The van der Waals surface area contributed by atoms with Crippen LogP contribution in [0.1, 0.15) is 5.82 Å². The van der Waals surface area contributed by atoms with E-state index >= 15 is 0 Å². The lowest BCUT2D eigenvalue weighted by Gasteiger charge is -2.32. The number of hydrogen-bond donors (Lipinski definition) is 2. The summed E-state index contributed by atoms with van der Waals surface area (Å²) in [6.45, 7) is 2.23. The number of nitrogens with one attached hydrogen (secondary N) is 1. The Bertz CT molecular complexity index is 583. The lowest BCUT2D eigenvalue weighted by atomic mass is 10.2. The van der Waals surface area contributed by atoms with Gasteiger partial charge >= 0.3 is 5.97 Å². The molecule has 2 aromatic heterocycles. The van der Waals surface area contributed by atoms with Crippen molar-refractivity contribution < 1.29 is 14.4 Å². The van der Waals surface area contributed by atoms with E-state index in [1.54, 1.807) is 11.3 Å². The first kappa shape index (κ1) is 13.2. The molecule has 3 heterocycles. The van der Waals surface area contributed by atoms with Crippen molar-refractivity contribution in [2.24, 2.45) is 0 Å². The molecular formula is C12H14N4O3S. The molecule has 106 valence electrons. The Hall–Kier alpha value is -1.77. The Morgan fingerprint density at radius 3 is 3.30 bits per heavy atom. The molecular weight excluding hydrogens is 280 g/mol. The summed E-state index contributed by atoms with van der Waals surface area (Å²) in [5.74, 6) is 0.154. The molecule has 3 rings (SSSR count). The number of hydrogen-bond acceptors (Lipinski definition) is 7. The summed E-state index contributed by atoms with van der Waals surface area (Å²) in [5.41, 5.74) is 0.892. The Morgan fingerprint density at radius 1 is 1.65 bits per heavy atom. The standard InChI is InChI=1S/C12H14N4O3S/c17-12(18)9-5-13-2-3-16(9)6-10-14-11(19-15-10)8-1-4-20-7-8/h1,4,7,9,13H,2-3,5-6H2,(H,17,18). The second-order valence-electron chi connectivity index (χ2n) is 4.56. The van der Waals surface area contributed by atoms with Gasteiger partial charge in [-0.1, -0.05) is 5.16 Å². The molecule has 1 aliphatic heterocycles.